The first kappa shape index (κ1) is 21.8. The number of nitrogens with zero attached hydrogens (tertiary/aromatic N) is 3. The Morgan fingerprint density at radius 3 is 2.53 bits per heavy atom. The molecular formula is C23H27N3O3S. The van der Waals surface area contributed by atoms with E-state index in [1.165, 1.54) is 0 Å². The number of carbonyl (C=O) groups excluding carboxylic acids is 1. The lowest BCUT2D eigenvalue weighted by atomic mass is 10.1. The number of benzene rings is 2. The average molecular weight is 426 g/mol. The minimum Gasteiger partial charge on any atom is -0.493 e. The number of methoxy groups -OCH3 is 2. The summed E-state index contributed by atoms with van der Waals surface area (Å²) < 4.78 is 12.5. The highest BCUT2D eigenvalue weighted by atomic mass is 32.2. The van der Waals surface area contributed by atoms with Crippen LogP contribution in [0.1, 0.15) is 16.7 Å². The molecule has 3 aromatic rings. The summed E-state index contributed by atoms with van der Waals surface area (Å²) in [7, 11) is 5.08. The van der Waals surface area contributed by atoms with Crippen molar-refractivity contribution in [2.45, 2.75) is 19.2 Å². The zero-order valence-corrected chi connectivity index (χ0v) is 18.6. The number of aromatic nitrogens is 2. The summed E-state index contributed by atoms with van der Waals surface area (Å²) in [4.78, 5) is 14.3. The molecule has 0 spiro atoms. The van der Waals surface area contributed by atoms with Crippen molar-refractivity contribution in [3.8, 4) is 17.2 Å². The minimum atomic E-state index is 0.0885. The van der Waals surface area contributed by atoms with Crippen molar-refractivity contribution >= 4 is 17.7 Å². The van der Waals surface area contributed by atoms with Crippen molar-refractivity contribution in [3.05, 3.63) is 71.5 Å². The fraction of sp³-hybridized carbons (Fsp3) is 0.304. The van der Waals surface area contributed by atoms with E-state index in [2.05, 4.69) is 5.10 Å². The molecule has 0 aliphatic rings. The molecule has 0 radical (unpaired) electrons. The van der Waals surface area contributed by atoms with Crippen LogP contribution in [0, 0.1) is 6.92 Å². The van der Waals surface area contributed by atoms with E-state index in [1.807, 2.05) is 67.3 Å². The van der Waals surface area contributed by atoms with Crippen molar-refractivity contribution in [3.63, 3.8) is 0 Å². The fourth-order valence-electron chi connectivity index (χ4n) is 3.06. The lowest BCUT2D eigenvalue weighted by Crippen LogP contribution is -2.27. The van der Waals surface area contributed by atoms with E-state index in [0.29, 0.717) is 18.0 Å². The topological polar surface area (TPSA) is 56.6 Å². The smallest absolute Gasteiger partial charge is 0.232 e. The van der Waals surface area contributed by atoms with Gasteiger partial charge in [-0.25, -0.2) is 4.68 Å². The molecule has 0 saturated carbocycles. The molecule has 0 aliphatic carbocycles. The Hall–Kier alpha value is -2.93. The Bertz CT molecular complexity index is 989. The minimum absolute atomic E-state index is 0.0885. The molecule has 0 unspecified atom stereocenters. The van der Waals surface area contributed by atoms with Crippen LogP contribution < -0.4 is 9.47 Å². The van der Waals surface area contributed by atoms with E-state index < -0.39 is 0 Å². The summed E-state index contributed by atoms with van der Waals surface area (Å²) in [5.41, 5.74) is 4.25. The first-order chi connectivity index (χ1) is 14.5. The first-order valence-electron chi connectivity index (χ1n) is 9.64. The van der Waals surface area contributed by atoms with Crippen LogP contribution in [-0.4, -0.2) is 47.6 Å². The molecule has 3 rings (SSSR count). The maximum atomic E-state index is 12.6. The van der Waals surface area contributed by atoms with Gasteiger partial charge in [0.1, 0.15) is 0 Å². The number of thioether (sulfide) groups is 1. The molecular weight excluding hydrogens is 398 g/mol. The molecule has 0 fully saturated rings. The van der Waals surface area contributed by atoms with Crippen LogP contribution >= 0.6 is 11.8 Å². The Balaban J connectivity index is 1.52. The van der Waals surface area contributed by atoms with Gasteiger partial charge in [-0.1, -0.05) is 18.2 Å². The van der Waals surface area contributed by atoms with Gasteiger partial charge >= 0.3 is 0 Å². The van der Waals surface area contributed by atoms with Gasteiger partial charge in [0.2, 0.25) is 5.91 Å². The highest BCUT2D eigenvalue weighted by Crippen LogP contribution is 2.31. The highest BCUT2D eigenvalue weighted by molar-refractivity contribution is 7.99. The zero-order valence-electron chi connectivity index (χ0n) is 17.8. The van der Waals surface area contributed by atoms with Crippen molar-refractivity contribution in [2.24, 2.45) is 0 Å². The summed E-state index contributed by atoms with van der Waals surface area (Å²) >= 11 is 1.59. The lowest BCUT2D eigenvalue weighted by molar-refractivity contribution is -0.127. The Morgan fingerprint density at radius 1 is 1.13 bits per heavy atom. The standard InChI is InChI=1S/C23H27N3O3S/c1-17-10-21(28-3)22(29-4)11-19(17)15-30-16-23(27)25(2)13-18-12-24-26(14-18)20-8-6-5-7-9-20/h5-12,14H,13,15-16H2,1-4H3. The van der Waals surface area contributed by atoms with E-state index in [4.69, 9.17) is 9.47 Å². The van der Waals surface area contributed by atoms with E-state index >= 15 is 0 Å². The second-order valence-corrected chi connectivity index (χ2v) is 7.99. The number of rotatable bonds is 9. The molecule has 1 heterocycles. The van der Waals surface area contributed by atoms with Gasteiger partial charge in [-0.3, -0.25) is 4.79 Å². The Kier molecular flexibility index (Phi) is 7.41. The summed E-state index contributed by atoms with van der Waals surface area (Å²) in [5.74, 6) is 2.66. The number of hydrogen-bond acceptors (Lipinski definition) is 5. The maximum absolute atomic E-state index is 12.6. The second-order valence-electron chi connectivity index (χ2n) is 7.00. The number of hydrogen-bond donors (Lipinski definition) is 0. The predicted octanol–water partition coefficient (Wildman–Crippen LogP) is 4.09. The van der Waals surface area contributed by atoms with Gasteiger partial charge in [-0.2, -0.15) is 5.10 Å². The third-order valence-electron chi connectivity index (χ3n) is 4.83. The number of amides is 1. The number of carbonyl (C=O) groups is 1. The Labute approximate surface area is 181 Å². The predicted molar refractivity (Wildman–Crippen MR) is 120 cm³/mol. The summed E-state index contributed by atoms with van der Waals surface area (Å²) in [6.07, 6.45) is 3.76. The van der Waals surface area contributed by atoms with Crippen LogP contribution in [0.4, 0.5) is 0 Å². The van der Waals surface area contributed by atoms with E-state index in [0.717, 1.165) is 33.9 Å². The SMILES string of the molecule is COc1cc(C)c(CSCC(=O)N(C)Cc2cnn(-c3ccccc3)c2)cc1OC. The van der Waals surface area contributed by atoms with E-state index in [9.17, 15) is 4.79 Å². The third kappa shape index (κ3) is 5.36. The fourth-order valence-corrected chi connectivity index (χ4v) is 4.09. The van der Waals surface area contributed by atoms with Crippen molar-refractivity contribution in [1.29, 1.82) is 0 Å². The molecule has 30 heavy (non-hydrogen) atoms. The van der Waals surface area contributed by atoms with E-state index in [1.54, 1.807) is 37.1 Å². The van der Waals surface area contributed by atoms with Gasteiger partial charge in [-0.05, 0) is 42.3 Å². The maximum Gasteiger partial charge on any atom is 0.232 e. The largest absolute Gasteiger partial charge is 0.493 e. The number of para-hydroxylation sites is 1. The first-order valence-corrected chi connectivity index (χ1v) is 10.8. The molecule has 0 N–H and O–H groups in total. The van der Waals surface area contributed by atoms with Gasteiger partial charge in [0.25, 0.3) is 0 Å². The zero-order chi connectivity index (χ0) is 21.5. The number of ether oxygens (including phenoxy) is 2. The van der Waals surface area contributed by atoms with Gasteiger partial charge in [0, 0.05) is 31.1 Å². The van der Waals surface area contributed by atoms with Gasteiger partial charge in [-0.15, -0.1) is 11.8 Å². The molecule has 158 valence electrons. The number of aryl methyl sites for hydroxylation is 1. The molecule has 0 saturated heterocycles. The van der Waals surface area contributed by atoms with E-state index in [-0.39, 0.29) is 5.91 Å². The van der Waals surface area contributed by atoms with Crippen LogP contribution in [0.5, 0.6) is 11.5 Å². The van der Waals surface area contributed by atoms with Crippen molar-refractivity contribution < 1.29 is 14.3 Å². The van der Waals surface area contributed by atoms with Crippen molar-refractivity contribution in [2.75, 3.05) is 27.0 Å². The van der Waals surface area contributed by atoms with Crippen LogP contribution in [0.3, 0.4) is 0 Å². The second kappa shape index (κ2) is 10.2. The molecule has 1 amide bonds. The summed E-state index contributed by atoms with van der Waals surface area (Å²) in [6, 6.07) is 13.9. The molecule has 0 bridgehead atoms. The van der Waals surface area contributed by atoms with Crippen LogP contribution in [0.2, 0.25) is 0 Å². The summed E-state index contributed by atoms with van der Waals surface area (Å²) in [5, 5.41) is 4.39. The van der Waals surface area contributed by atoms with Gasteiger partial charge < -0.3 is 14.4 Å². The average Bonchev–Trinajstić information content (AvgIpc) is 3.23. The molecule has 0 aliphatic heterocycles. The normalized spacial score (nSPS) is 10.7. The van der Waals surface area contributed by atoms with Crippen LogP contribution in [-0.2, 0) is 17.1 Å². The molecule has 1 aromatic heterocycles. The van der Waals surface area contributed by atoms with Gasteiger partial charge in [0.15, 0.2) is 11.5 Å². The van der Waals surface area contributed by atoms with Crippen molar-refractivity contribution in [1.82, 2.24) is 14.7 Å². The Morgan fingerprint density at radius 2 is 1.83 bits per heavy atom. The highest BCUT2D eigenvalue weighted by Gasteiger charge is 2.13. The lowest BCUT2D eigenvalue weighted by Gasteiger charge is -2.16. The van der Waals surface area contributed by atoms with Crippen LogP contribution in [0.15, 0.2) is 54.9 Å². The van der Waals surface area contributed by atoms with Crippen LogP contribution in [0.25, 0.3) is 5.69 Å². The molecule has 7 heteroatoms. The molecule has 6 nitrogen and oxygen atoms in total. The van der Waals surface area contributed by atoms with Gasteiger partial charge in [0.05, 0.1) is 31.9 Å². The molecule has 2 aromatic carbocycles. The summed E-state index contributed by atoms with van der Waals surface area (Å²) in [6.45, 7) is 2.57. The molecule has 0 atom stereocenters. The monoisotopic (exact) mass is 425 g/mol. The quantitative estimate of drug-likeness (QED) is 0.517. The third-order valence-corrected chi connectivity index (χ3v) is 5.79.